The minimum Gasteiger partial charge on any atom is -0.322 e. The van der Waals surface area contributed by atoms with Crippen molar-refractivity contribution in [3.63, 3.8) is 0 Å². The number of carbonyl (C=O) groups is 1. The Kier molecular flexibility index (Phi) is 4.74. The predicted molar refractivity (Wildman–Crippen MR) is 83.6 cm³/mol. The average Bonchev–Trinajstić information content (AvgIpc) is 2.33. The molecule has 0 saturated carbocycles. The van der Waals surface area contributed by atoms with Gasteiger partial charge in [-0.3, -0.25) is 4.79 Å². The summed E-state index contributed by atoms with van der Waals surface area (Å²) in [5.74, 6) is -0.262. The highest BCUT2D eigenvalue weighted by Crippen LogP contribution is 2.26. The topological polar surface area (TPSA) is 29.1 Å². The zero-order chi connectivity index (χ0) is 14.0. The van der Waals surface area contributed by atoms with Crippen LogP contribution in [0.15, 0.2) is 40.9 Å². The van der Waals surface area contributed by atoms with Crippen molar-refractivity contribution >= 4 is 62.3 Å². The van der Waals surface area contributed by atoms with Crippen LogP contribution in [0.3, 0.4) is 0 Å². The molecular formula is C13H7BrCl3NO. The highest BCUT2D eigenvalue weighted by atomic mass is 79.9. The molecule has 0 aliphatic carbocycles. The first-order valence-corrected chi connectivity index (χ1v) is 7.11. The Morgan fingerprint density at radius 3 is 2.37 bits per heavy atom. The molecule has 0 spiro atoms. The molecule has 2 aromatic rings. The second-order valence-electron chi connectivity index (χ2n) is 3.71. The van der Waals surface area contributed by atoms with E-state index in [0.29, 0.717) is 30.8 Å². The Balaban J connectivity index is 2.23. The maximum Gasteiger partial charge on any atom is 0.256 e. The summed E-state index contributed by atoms with van der Waals surface area (Å²) in [5.41, 5.74) is 1.05. The van der Waals surface area contributed by atoms with E-state index in [-0.39, 0.29) is 5.91 Å². The van der Waals surface area contributed by atoms with Gasteiger partial charge in [-0.1, -0.05) is 34.8 Å². The van der Waals surface area contributed by atoms with Crippen molar-refractivity contribution in [3.05, 3.63) is 61.5 Å². The third kappa shape index (κ3) is 3.63. The SMILES string of the molecule is O=C(Nc1ccc(Cl)c(Cl)c1)c1ccc(Cl)cc1Br. The van der Waals surface area contributed by atoms with Gasteiger partial charge in [0.15, 0.2) is 0 Å². The zero-order valence-electron chi connectivity index (χ0n) is 9.38. The van der Waals surface area contributed by atoms with E-state index in [1.165, 1.54) is 0 Å². The van der Waals surface area contributed by atoms with E-state index in [2.05, 4.69) is 21.2 Å². The summed E-state index contributed by atoms with van der Waals surface area (Å²) in [6, 6.07) is 9.83. The molecule has 2 rings (SSSR count). The molecule has 1 N–H and O–H groups in total. The summed E-state index contributed by atoms with van der Waals surface area (Å²) in [6.45, 7) is 0. The van der Waals surface area contributed by atoms with Crippen LogP contribution in [-0.2, 0) is 0 Å². The van der Waals surface area contributed by atoms with Gasteiger partial charge in [-0.25, -0.2) is 0 Å². The normalized spacial score (nSPS) is 10.3. The number of nitrogens with one attached hydrogen (secondary N) is 1. The number of halogens is 4. The highest BCUT2D eigenvalue weighted by molar-refractivity contribution is 9.10. The largest absolute Gasteiger partial charge is 0.322 e. The summed E-state index contributed by atoms with van der Waals surface area (Å²) in [7, 11) is 0. The van der Waals surface area contributed by atoms with Crippen LogP contribution in [0.1, 0.15) is 10.4 Å². The molecule has 2 aromatic carbocycles. The summed E-state index contributed by atoms with van der Waals surface area (Å²) in [6.07, 6.45) is 0. The first-order valence-electron chi connectivity index (χ1n) is 5.19. The van der Waals surface area contributed by atoms with E-state index in [1.807, 2.05) is 0 Å². The molecular weight excluding hydrogens is 372 g/mol. The minimum absolute atomic E-state index is 0.262. The van der Waals surface area contributed by atoms with Gasteiger partial charge in [-0.05, 0) is 52.3 Å². The second-order valence-corrected chi connectivity index (χ2v) is 5.81. The fourth-order valence-corrected chi connectivity index (χ4v) is 2.61. The minimum atomic E-state index is -0.262. The van der Waals surface area contributed by atoms with Crippen LogP contribution < -0.4 is 5.32 Å². The monoisotopic (exact) mass is 377 g/mol. The van der Waals surface area contributed by atoms with Crippen molar-refractivity contribution in [1.29, 1.82) is 0 Å². The Morgan fingerprint density at radius 1 is 1.00 bits per heavy atom. The lowest BCUT2D eigenvalue weighted by atomic mass is 10.2. The second kappa shape index (κ2) is 6.14. The van der Waals surface area contributed by atoms with E-state index in [4.69, 9.17) is 34.8 Å². The molecule has 0 radical (unpaired) electrons. The van der Waals surface area contributed by atoms with Gasteiger partial charge in [0, 0.05) is 15.2 Å². The molecule has 1 amide bonds. The first kappa shape index (κ1) is 14.7. The van der Waals surface area contributed by atoms with Crippen molar-refractivity contribution in [2.75, 3.05) is 5.32 Å². The number of hydrogen-bond donors (Lipinski definition) is 1. The van der Waals surface area contributed by atoms with Gasteiger partial charge in [0.05, 0.1) is 15.6 Å². The van der Waals surface area contributed by atoms with Crippen LogP contribution in [0, 0.1) is 0 Å². The molecule has 0 saturated heterocycles. The lowest BCUT2D eigenvalue weighted by molar-refractivity contribution is 0.102. The van der Waals surface area contributed by atoms with Crippen LogP contribution in [-0.4, -0.2) is 5.91 Å². The molecule has 6 heteroatoms. The third-order valence-electron chi connectivity index (χ3n) is 2.35. The lowest BCUT2D eigenvalue weighted by Crippen LogP contribution is -2.12. The molecule has 0 aromatic heterocycles. The zero-order valence-corrected chi connectivity index (χ0v) is 13.2. The highest BCUT2D eigenvalue weighted by Gasteiger charge is 2.11. The molecule has 0 unspecified atom stereocenters. The molecule has 0 aliphatic heterocycles. The maximum atomic E-state index is 12.1. The van der Waals surface area contributed by atoms with Crippen molar-refractivity contribution < 1.29 is 4.79 Å². The maximum absolute atomic E-state index is 12.1. The summed E-state index contributed by atoms with van der Waals surface area (Å²) < 4.78 is 0.623. The Morgan fingerprint density at radius 2 is 1.74 bits per heavy atom. The van der Waals surface area contributed by atoms with Crippen LogP contribution in [0.2, 0.25) is 15.1 Å². The number of carbonyl (C=O) groups excluding carboxylic acids is 1. The molecule has 0 bridgehead atoms. The number of anilines is 1. The van der Waals surface area contributed by atoms with Crippen LogP contribution in [0.5, 0.6) is 0 Å². The fraction of sp³-hybridized carbons (Fsp3) is 0. The lowest BCUT2D eigenvalue weighted by Gasteiger charge is -2.08. The number of rotatable bonds is 2. The summed E-state index contributed by atoms with van der Waals surface area (Å²) >= 11 is 20.8. The van der Waals surface area contributed by atoms with Gasteiger partial charge in [0.25, 0.3) is 5.91 Å². The molecule has 98 valence electrons. The Bertz CT molecular complexity index is 646. The first-order chi connectivity index (χ1) is 8.97. The summed E-state index contributed by atoms with van der Waals surface area (Å²) in [4.78, 5) is 12.1. The van der Waals surface area contributed by atoms with E-state index in [1.54, 1.807) is 36.4 Å². The van der Waals surface area contributed by atoms with Crippen LogP contribution in [0.4, 0.5) is 5.69 Å². The molecule has 2 nitrogen and oxygen atoms in total. The molecule has 0 atom stereocenters. The molecule has 0 heterocycles. The number of hydrogen-bond acceptors (Lipinski definition) is 1. The third-order valence-corrected chi connectivity index (χ3v) is 3.98. The molecule has 0 fully saturated rings. The summed E-state index contributed by atoms with van der Waals surface area (Å²) in [5, 5.41) is 4.11. The van der Waals surface area contributed by atoms with Gasteiger partial charge in [-0.15, -0.1) is 0 Å². The van der Waals surface area contributed by atoms with E-state index in [9.17, 15) is 4.79 Å². The standard InChI is InChI=1S/C13H7BrCl3NO/c14-10-5-7(15)1-3-9(10)13(19)18-8-2-4-11(16)12(17)6-8/h1-6H,(H,18,19). The fourth-order valence-electron chi connectivity index (χ4n) is 1.45. The van der Waals surface area contributed by atoms with E-state index < -0.39 is 0 Å². The van der Waals surface area contributed by atoms with Crippen molar-refractivity contribution in [1.82, 2.24) is 0 Å². The average molecular weight is 379 g/mol. The van der Waals surface area contributed by atoms with Crippen LogP contribution >= 0.6 is 50.7 Å². The van der Waals surface area contributed by atoms with Gasteiger partial charge >= 0.3 is 0 Å². The smallest absolute Gasteiger partial charge is 0.256 e. The quantitative estimate of drug-likeness (QED) is 0.716. The van der Waals surface area contributed by atoms with Crippen molar-refractivity contribution in [2.45, 2.75) is 0 Å². The molecule has 0 aliphatic rings. The predicted octanol–water partition coefficient (Wildman–Crippen LogP) is 5.66. The van der Waals surface area contributed by atoms with Crippen molar-refractivity contribution in [2.24, 2.45) is 0 Å². The number of benzene rings is 2. The Labute approximate surface area is 133 Å². The van der Waals surface area contributed by atoms with Gasteiger partial charge in [0.2, 0.25) is 0 Å². The van der Waals surface area contributed by atoms with Gasteiger partial charge in [-0.2, -0.15) is 0 Å². The van der Waals surface area contributed by atoms with E-state index >= 15 is 0 Å². The van der Waals surface area contributed by atoms with Gasteiger partial charge < -0.3 is 5.32 Å². The Hall–Kier alpha value is -0.740. The van der Waals surface area contributed by atoms with Crippen molar-refractivity contribution in [3.8, 4) is 0 Å². The van der Waals surface area contributed by atoms with Gasteiger partial charge in [0.1, 0.15) is 0 Å². The van der Waals surface area contributed by atoms with Crippen LogP contribution in [0.25, 0.3) is 0 Å². The van der Waals surface area contributed by atoms with E-state index in [0.717, 1.165) is 0 Å². The number of amides is 1. The molecule has 19 heavy (non-hydrogen) atoms.